The van der Waals surface area contributed by atoms with E-state index in [1.54, 1.807) is 0 Å². The lowest BCUT2D eigenvalue weighted by Gasteiger charge is -2.27. The first-order valence-electron chi connectivity index (χ1n) is 7.11. The third kappa shape index (κ3) is 3.56. The molecule has 0 N–H and O–H groups in total. The molecule has 1 aliphatic carbocycles. The third-order valence-electron chi connectivity index (χ3n) is 4.11. The monoisotopic (exact) mass is 282 g/mol. The Bertz CT molecular complexity index is 450. The molecule has 0 atom stereocenters. The van der Waals surface area contributed by atoms with E-state index in [0.29, 0.717) is 10.6 Å². The Morgan fingerprint density at radius 3 is 2.63 bits per heavy atom. The van der Waals surface area contributed by atoms with Crippen LogP contribution in [0.3, 0.4) is 0 Å². The Kier molecular flexibility index (Phi) is 4.98. The van der Waals surface area contributed by atoms with Crippen LogP contribution in [0.2, 0.25) is 5.02 Å². The lowest BCUT2D eigenvalue weighted by Crippen LogP contribution is -2.22. The van der Waals surface area contributed by atoms with E-state index in [0.717, 1.165) is 31.6 Å². The molecule has 1 aliphatic rings. The van der Waals surface area contributed by atoms with Crippen molar-refractivity contribution in [3.05, 3.63) is 34.6 Å². The molecule has 1 saturated carbocycles. The number of benzene rings is 1. The molecular weight excluding hydrogens is 263 g/mol. The molecule has 1 nitrogen and oxygen atoms in total. The first-order chi connectivity index (χ1) is 9.11. The molecule has 0 aliphatic heterocycles. The van der Waals surface area contributed by atoms with Gasteiger partial charge in [0.15, 0.2) is 5.78 Å². The van der Waals surface area contributed by atoms with Crippen molar-refractivity contribution in [3.8, 4) is 0 Å². The molecule has 19 heavy (non-hydrogen) atoms. The smallest absolute Gasteiger partial charge is 0.167 e. The van der Waals surface area contributed by atoms with Crippen molar-refractivity contribution in [3.63, 3.8) is 0 Å². The number of hydrogen-bond acceptors (Lipinski definition) is 1. The predicted molar refractivity (Wildman–Crippen MR) is 76.1 cm³/mol. The molecule has 0 saturated heterocycles. The lowest BCUT2D eigenvalue weighted by molar-refractivity contribution is 0.0869. The number of halogens is 2. The van der Waals surface area contributed by atoms with Gasteiger partial charge in [-0.05, 0) is 49.8 Å². The van der Waals surface area contributed by atoms with Crippen molar-refractivity contribution in [2.24, 2.45) is 11.8 Å². The van der Waals surface area contributed by atoms with Gasteiger partial charge in [0.1, 0.15) is 5.82 Å². The van der Waals surface area contributed by atoms with Crippen LogP contribution in [0.4, 0.5) is 4.39 Å². The summed E-state index contributed by atoms with van der Waals surface area (Å²) in [6.07, 6.45) is 6.50. The summed E-state index contributed by atoms with van der Waals surface area (Å²) in [5.74, 6) is 0.399. The van der Waals surface area contributed by atoms with Crippen LogP contribution in [0.25, 0.3) is 0 Å². The summed E-state index contributed by atoms with van der Waals surface area (Å²) in [6, 6.07) is 4.02. The average Bonchev–Trinajstić information content (AvgIpc) is 2.42. The molecule has 2 rings (SSSR count). The zero-order chi connectivity index (χ0) is 13.8. The van der Waals surface area contributed by atoms with Crippen LogP contribution in [0.1, 0.15) is 55.8 Å². The average molecular weight is 283 g/mol. The zero-order valence-electron chi connectivity index (χ0n) is 11.3. The maximum absolute atomic E-state index is 13.2. The van der Waals surface area contributed by atoms with E-state index in [1.165, 1.54) is 31.0 Å². The standard InChI is InChI=1S/C16H20ClFO/c1-2-3-11-4-6-12(7-5-11)16(19)14-10-13(18)8-9-15(14)17/h8-12H,2-7H2,1H3. The molecule has 0 radical (unpaired) electrons. The van der Waals surface area contributed by atoms with Gasteiger partial charge in [0, 0.05) is 11.5 Å². The van der Waals surface area contributed by atoms with E-state index in [1.807, 2.05) is 0 Å². The molecule has 0 unspecified atom stereocenters. The van der Waals surface area contributed by atoms with E-state index < -0.39 is 5.82 Å². The van der Waals surface area contributed by atoms with E-state index >= 15 is 0 Å². The van der Waals surface area contributed by atoms with Gasteiger partial charge in [0.25, 0.3) is 0 Å². The second kappa shape index (κ2) is 6.51. The highest BCUT2D eigenvalue weighted by atomic mass is 35.5. The van der Waals surface area contributed by atoms with E-state index in [2.05, 4.69) is 6.92 Å². The number of ketones is 1. The topological polar surface area (TPSA) is 17.1 Å². The summed E-state index contributed by atoms with van der Waals surface area (Å²) in [7, 11) is 0. The maximum Gasteiger partial charge on any atom is 0.167 e. The summed E-state index contributed by atoms with van der Waals surface area (Å²) in [5.41, 5.74) is 0.348. The fraction of sp³-hybridized carbons (Fsp3) is 0.562. The molecule has 104 valence electrons. The predicted octanol–water partition coefficient (Wildman–Crippen LogP) is 5.27. The molecule has 0 aromatic heterocycles. The van der Waals surface area contributed by atoms with Gasteiger partial charge >= 0.3 is 0 Å². The molecule has 3 heteroatoms. The highest BCUT2D eigenvalue weighted by Gasteiger charge is 2.27. The summed E-state index contributed by atoms with van der Waals surface area (Å²) < 4.78 is 13.2. The van der Waals surface area contributed by atoms with Gasteiger partial charge in [-0.15, -0.1) is 0 Å². The minimum Gasteiger partial charge on any atom is -0.294 e. The van der Waals surface area contributed by atoms with Crippen molar-refractivity contribution in [1.82, 2.24) is 0 Å². The van der Waals surface area contributed by atoms with Crippen molar-refractivity contribution in [2.75, 3.05) is 0 Å². The number of rotatable bonds is 4. The van der Waals surface area contributed by atoms with Crippen LogP contribution in [-0.4, -0.2) is 5.78 Å². The quantitative estimate of drug-likeness (QED) is 0.688. The van der Waals surface area contributed by atoms with Crippen molar-refractivity contribution < 1.29 is 9.18 Å². The molecule has 0 heterocycles. The Hall–Kier alpha value is -0.890. The Balaban J connectivity index is 2.03. The molecule has 0 bridgehead atoms. The molecule has 1 aromatic carbocycles. The highest BCUT2D eigenvalue weighted by Crippen LogP contribution is 2.34. The molecule has 1 fully saturated rings. The lowest BCUT2D eigenvalue weighted by atomic mass is 9.77. The summed E-state index contributed by atoms with van der Waals surface area (Å²) in [5, 5.41) is 0.363. The van der Waals surface area contributed by atoms with E-state index in [-0.39, 0.29) is 11.7 Å². The van der Waals surface area contributed by atoms with Crippen LogP contribution >= 0.6 is 11.6 Å². The fourth-order valence-electron chi connectivity index (χ4n) is 3.03. The van der Waals surface area contributed by atoms with Gasteiger partial charge in [-0.3, -0.25) is 4.79 Å². The molecule has 1 aromatic rings. The second-order valence-corrected chi connectivity index (χ2v) is 5.90. The normalized spacial score (nSPS) is 23.3. The van der Waals surface area contributed by atoms with Gasteiger partial charge in [-0.1, -0.05) is 31.4 Å². The van der Waals surface area contributed by atoms with Crippen molar-refractivity contribution >= 4 is 17.4 Å². The minimum absolute atomic E-state index is 0.0134. The fourth-order valence-corrected chi connectivity index (χ4v) is 3.24. The maximum atomic E-state index is 13.2. The van der Waals surface area contributed by atoms with Crippen molar-refractivity contribution in [2.45, 2.75) is 45.4 Å². The highest BCUT2D eigenvalue weighted by molar-refractivity contribution is 6.34. The third-order valence-corrected chi connectivity index (χ3v) is 4.44. The van der Waals surface area contributed by atoms with Gasteiger partial charge in [-0.25, -0.2) is 4.39 Å². The van der Waals surface area contributed by atoms with E-state index in [4.69, 9.17) is 11.6 Å². The second-order valence-electron chi connectivity index (χ2n) is 5.49. The Morgan fingerprint density at radius 2 is 2.00 bits per heavy atom. The Morgan fingerprint density at radius 1 is 1.32 bits per heavy atom. The first-order valence-corrected chi connectivity index (χ1v) is 7.49. The largest absolute Gasteiger partial charge is 0.294 e. The van der Waals surface area contributed by atoms with Crippen LogP contribution < -0.4 is 0 Å². The van der Waals surface area contributed by atoms with Crippen LogP contribution in [-0.2, 0) is 0 Å². The molecule has 0 amide bonds. The van der Waals surface area contributed by atoms with Crippen molar-refractivity contribution in [1.29, 1.82) is 0 Å². The summed E-state index contributed by atoms with van der Waals surface area (Å²) >= 11 is 6.00. The summed E-state index contributed by atoms with van der Waals surface area (Å²) in [4.78, 5) is 12.4. The number of hydrogen-bond donors (Lipinski definition) is 0. The zero-order valence-corrected chi connectivity index (χ0v) is 12.0. The SMILES string of the molecule is CCCC1CCC(C(=O)c2cc(F)ccc2Cl)CC1. The van der Waals surface area contributed by atoms with Crippen LogP contribution in [0, 0.1) is 17.7 Å². The van der Waals surface area contributed by atoms with Gasteiger partial charge in [0.05, 0.1) is 5.02 Å². The van der Waals surface area contributed by atoms with Gasteiger partial charge in [-0.2, -0.15) is 0 Å². The van der Waals surface area contributed by atoms with Gasteiger partial charge < -0.3 is 0 Å². The van der Waals surface area contributed by atoms with Crippen LogP contribution in [0.15, 0.2) is 18.2 Å². The van der Waals surface area contributed by atoms with Gasteiger partial charge in [0.2, 0.25) is 0 Å². The van der Waals surface area contributed by atoms with E-state index in [9.17, 15) is 9.18 Å². The molecular formula is C16H20ClFO. The summed E-state index contributed by atoms with van der Waals surface area (Å²) in [6.45, 7) is 2.20. The number of Topliss-reactive ketones (excluding diaryl/α,β-unsaturated/α-hetero) is 1. The minimum atomic E-state index is -0.396. The first kappa shape index (κ1) is 14.5. The molecule has 0 spiro atoms. The number of carbonyl (C=O) groups is 1. The van der Waals surface area contributed by atoms with Crippen LogP contribution in [0.5, 0.6) is 0 Å². The Labute approximate surface area is 119 Å². The number of carbonyl (C=O) groups excluding carboxylic acids is 1.